The molecule has 1 aliphatic rings. The number of rotatable bonds is 5. The molecule has 2 aromatic heterocycles. The molecule has 3 heterocycles. The van der Waals surface area contributed by atoms with Gasteiger partial charge in [0.1, 0.15) is 6.10 Å². The van der Waals surface area contributed by atoms with E-state index in [4.69, 9.17) is 4.74 Å². The molecule has 0 aromatic carbocycles. The molecule has 1 saturated heterocycles. The fourth-order valence-electron chi connectivity index (χ4n) is 3.14. The lowest BCUT2D eigenvalue weighted by Crippen LogP contribution is -2.31. The van der Waals surface area contributed by atoms with Crippen molar-refractivity contribution in [1.29, 1.82) is 0 Å². The predicted molar refractivity (Wildman–Crippen MR) is 96.1 cm³/mol. The van der Waals surface area contributed by atoms with Gasteiger partial charge in [-0.1, -0.05) is 6.92 Å². The first-order valence-corrected chi connectivity index (χ1v) is 8.60. The van der Waals surface area contributed by atoms with Crippen LogP contribution in [0.3, 0.4) is 0 Å². The van der Waals surface area contributed by atoms with E-state index in [1.807, 2.05) is 50.0 Å². The smallest absolute Gasteiger partial charge is 0.257 e. The first kappa shape index (κ1) is 17.3. The highest BCUT2D eigenvalue weighted by Gasteiger charge is 2.30. The highest BCUT2D eigenvalue weighted by atomic mass is 16.5. The lowest BCUT2D eigenvalue weighted by atomic mass is 10.2. The van der Waals surface area contributed by atoms with Gasteiger partial charge in [0.15, 0.2) is 11.6 Å². The van der Waals surface area contributed by atoms with E-state index >= 15 is 0 Å². The van der Waals surface area contributed by atoms with Gasteiger partial charge in [0.05, 0.1) is 17.8 Å². The van der Waals surface area contributed by atoms with Crippen LogP contribution in [0, 0.1) is 0 Å². The Bertz CT molecular complexity index is 756. The molecule has 0 saturated carbocycles. The topological polar surface area (TPSA) is 63.5 Å². The van der Waals surface area contributed by atoms with Gasteiger partial charge < -0.3 is 14.5 Å². The number of carbonyl (C=O) groups is 1. The quantitative estimate of drug-likeness (QED) is 0.827. The zero-order chi connectivity index (χ0) is 18.0. The number of aryl methyl sites for hydroxylation is 2. The summed E-state index contributed by atoms with van der Waals surface area (Å²) >= 11 is 0. The fraction of sp³-hybridized carbons (Fsp3) is 0.500. The van der Waals surface area contributed by atoms with Gasteiger partial charge in [-0.3, -0.25) is 9.48 Å². The molecule has 0 radical (unpaired) electrons. The van der Waals surface area contributed by atoms with Crippen molar-refractivity contribution in [3.8, 4) is 5.75 Å². The number of anilines is 1. The number of ether oxygens (including phenoxy) is 1. The molecule has 0 bridgehead atoms. The van der Waals surface area contributed by atoms with Crippen molar-refractivity contribution in [2.24, 2.45) is 7.05 Å². The predicted octanol–water partition coefficient (Wildman–Crippen LogP) is 1.74. The van der Waals surface area contributed by atoms with Crippen LogP contribution in [0.1, 0.15) is 29.4 Å². The van der Waals surface area contributed by atoms with Gasteiger partial charge in [-0.2, -0.15) is 5.10 Å². The van der Waals surface area contributed by atoms with E-state index < -0.39 is 0 Å². The third kappa shape index (κ3) is 3.60. The van der Waals surface area contributed by atoms with Crippen LogP contribution < -0.4 is 9.64 Å². The summed E-state index contributed by atoms with van der Waals surface area (Å²) in [6.07, 6.45) is 5.10. The number of carbonyl (C=O) groups excluding carboxylic acids is 1. The van der Waals surface area contributed by atoms with Crippen LogP contribution >= 0.6 is 0 Å². The van der Waals surface area contributed by atoms with Crippen LogP contribution in [-0.4, -0.2) is 58.9 Å². The van der Waals surface area contributed by atoms with Crippen LogP contribution in [0.4, 0.5) is 5.82 Å². The number of nitrogens with zero attached hydrogens (tertiary/aromatic N) is 5. The Morgan fingerprint density at radius 2 is 2.24 bits per heavy atom. The van der Waals surface area contributed by atoms with Gasteiger partial charge in [0.2, 0.25) is 0 Å². The highest BCUT2D eigenvalue weighted by Crippen LogP contribution is 2.27. The Balaban J connectivity index is 1.69. The zero-order valence-electron chi connectivity index (χ0n) is 15.3. The molecule has 25 heavy (non-hydrogen) atoms. The molecule has 1 fully saturated rings. The molecule has 7 heteroatoms. The van der Waals surface area contributed by atoms with Gasteiger partial charge in [0, 0.05) is 46.5 Å². The Morgan fingerprint density at radius 3 is 2.96 bits per heavy atom. The molecule has 0 aliphatic carbocycles. The molecular formula is C18H25N5O2. The molecule has 7 nitrogen and oxygen atoms in total. The van der Waals surface area contributed by atoms with Gasteiger partial charge in [-0.05, 0) is 18.6 Å². The largest absolute Gasteiger partial charge is 0.485 e. The van der Waals surface area contributed by atoms with Crippen molar-refractivity contribution in [1.82, 2.24) is 19.7 Å². The summed E-state index contributed by atoms with van der Waals surface area (Å²) in [5.41, 5.74) is 1.54. The van der Waals surface area contributed by atoms with Gasteiger partial charge in [-0.15, -0.1) is 0 Å². The van der Waals surface area contributed by atoms with Crippen LogP contribution in [0.5, 0.6) is 5.75 Å². The average molecular weight is 343 g/mol. The second kappa shape index (κ2) is 7.13. The minimum Gasteiger partial charge on any atom is -0.485 e. The molecule has 2 aromatic rings. The van der Waals surface area contributed by atoms with Crippen LogP contribution in [-0.2, 0) is 13.5 Å². The van der Waals surface area contributed by atoms with Crippen molar-refractivity contribution in [3.63, 3.8) is 0 Å². The summed E-state index contributed by atoms with van der Waals surface area (Å²) in [6.45, 7) is 3.29. The normalized spacial score (nSPS) is 17.0. The Hall–Kier alpha value is -2.57. The summed E-state index contributed by atoms with van der Waals surface area (Å²) in [6, 6.07) is 3.78. The van der Waals surface area contributed by atoms with E-state index in [1.165, 1.54) is 0 Å². The fourth-order valence-corrected chi connectivity index (χ4v) is 3.14. The molecule has 1 atom stereocenters. The maximum absolute atomic E-state index is 12.8. The Kier molecular flexibility index (Phi) is 4.92. The number of hydrogen-bond donors (Lipinski definition) is 0. The van der Waals surface area contributed by atoms with Crippen LogP contribution in [0.2, 0.25) is 0 Å². The number of aromatic nitrogens is 3. The van der Waals surface area contributed by atoms with Gasteiger partial charge in [0.25, 0.3) is 5.91 Å². The molecule has 134 valence electrons. The van der Waals surface area contributed by atoms with Crippen molar-refractivity contribution in [2.45, 2.75) is 25.9 Å². The Morgan fingerprint density at radius 1 is 1.44 bits per heavy atom. The highest BCUT2D eigenvalue weighted by molar-refractivity contribution is 5.95. The van der Waals surface area contributed by atoms with E-state index in [9.17, 15) is 4.79 Å². The summed E-state index contributed by atoms with van der Waals surface area (Å²) in [4.78, 5) is 20.9. The molecule has 0 spiro atoms. The number of amides is 1. The standard InChI is InChI=1S/C18H25N5O2/c1-5-15-14(12-22(4)20-15)18(24)23-10-8-13(11-23)25-16-7-6-9-19-17(16)21(2)3/h6-7,9,12-13H,5,8,10-11H2,1-4H3/t13-/m0/s1. The molecular weight excluding hydrogens is 318 g/mol. The summed E-state index contributed by atoms with van der Waals surface area (Å²) in [7, 11) is 5.72. The number of likely N-dealkylation sites (tertiary alicyclic amines) is 1. The maximum atomic E-state index is 12.8. The molecule has 0 N–H and O–H groups in total. The SMILES string of the molecule is CCc1nn(C)cc1C(=O)N1CC[C@H](Oc2cccnc2N(C)C)C1. The molecule has 0 unspecified atom stereocenters. The number of hydrogen-bond acceptors (Lipinski definition) is 5. The lowest BCUT2D eigenvalue weighted by Gasteiger charge is -2.20. The first-order chi connectivity index (χ1) is 12.0. The molecule has 1 amide bonds. The van der Waals surface area contributed by atoms with Gasteiger partial charge in [-0.25, -0.2) is 4.98 Å². The lowest BCUT2D eigenvalue weighted by molar-refractivity contribution is 0.0771. The van der Waals surface area contributed by atoms with Crippen molar-refractivity contribution in [3.05, 3.63) is 35.8 Å². The third-order valence-corrected chi connectivity index (χ3v) is 4.37. The third-order valence-electron chi connectivity index (χ3n) is 4.37. The maximum Gasteiger partial charge on any atom is 0.257 e. The van der Waals surface area contributed by atoms with Crippen molar-refractivity contribution in [2.75, 3.05) is 32.1 Å². The summed E-state index contributed by atoms with van der Waals surface area (Å²) in [5, 5.41) is 4.36. The van der Waals surface area contributed by atoms with E-state index in [0.29, 0.717) is 18.7 Å². The van der Waals surface area contributed by atoms with Crippen molar-refractivity contribution < 1.29 is 9.53 Å². The van der Waals surface area contributed by atoms with E-state index in [1.54, 1.807) is 17.1 Å². The van der Waals surface area contributed by atoms with Crippen LogP contribution in [0.25, 0.3) is 0 Å². The first-order valence-electron chi connectivity index (χ1n) is 8.60. The Labute approximate surface area is 148 Å². The minimum atomic E-state index is -0.0198. The second-order valence-electron chi connectivity index (χ2n) is 6.52. The van der Waals surface area contributed by atoms with Gasteiger partial charge >= 0.3 is 0 Å². The summed E-state index contributed by atoms with van der Waals surface area (Å²) < 4.78 is 7.83. The molecule has 1 aliphatic heterocycles. The van der Waals surface area contributed by atoms with Crippen LogP contribution in [0.15, 0.2) is 24.5 Å². The average Bonchev–Trinajstić information content (AvgIpc) is 3.21. The zero-order valence-corrected chi connectivity index (χ0v) is 15.3. The van der Waals surface area contributed by atoms with E-state index in [0.717, 1.165) is 30.1 Å². The monoisotopic (exact) mass is 343 g/mol. The minimum absolute atomic E-state index is 0.0198. The van der Waals surface area contributed by atoms with E-state index in [-0.39, 0.29) is 12.0 Å². The summed E-state index contributed by atoms with van der Waals surface area (Å²) in [5.74, 6) is 1.59. The second-order valence-corrected chi connectivity index (χ2v) is 6.52. The molecule has 3 rings (SSSR count). The van der Waals surface area contributed by atoms with Crippen molar-refractivity contribution >= 4 is 11.7 Å². The van der Waals surface area contributed by atoms with E-state index in [2.05, 4.69) is 10.1 Å². The number of pyridine rings is 1.